The lowest BCUT2D eigenvalue weighted by molar-refractivity contribution is -0.129. The van der Waals surface area contributed by atoms with Crippen molar-refractivity contribution in [1.29, 1.82) is 0 Å². The first-order chi connectivity index (χ1) is 13.1. The minimum atomic E-state index is -3.75. The Balaban J connectivity index is 1.85. The molecule has 1 aromatic heterocycles. The van der Waals surface area contributed by atoms with E-state index < -0.39 is 28.0 Å². The molecule has 0 aliphatic heterocycles. The van der Waals surface area contributed by atoms with Gasteiger partial charge in [0.25, 0.3) is 5.91 Å². The van der Waals surface area contributed by atoms with Crippen molar-refractivity contribution in [3.63, 3.8) is 0 Å². The molecule has 0 aliphatic rings. The van der Waals surface area contributed by atoms with Gasteiger partial charge in [0.05, 0.1) is 9.92 Å². The highest BCUT2D eigenvalue weighted by Crippen LogP contribution is 2.18. The van der Waals surface area contributed by atoms with E-state index in [0.29, 0.717) is 6.42 Å². The molecular weight excluding hydrogens is 429 g/mol. The van der Waals surface area contributed by atoms with Gasteiger partial charge in [-0.25, -0.2) is 23.3 Å². The molecule has 150 valence electrons. The quantitative estimate of drug-likeness (QED) is 0.494. The zero-order chi connectivity index (χ0) is 20.9. The fourth-order valence-electron chi connectivity index (χ4n) is 2.15. The molecule has 11 heteroatoms. The standard InChI is InChI=1S/C17H17Cl2N3O5S/c1-10(27-17(24)15-13(18)6-7-14(19)22-15)16(23)21-9-8-11-2-4-12(5-3-11)28(20,25)26/h2-7,10H,8-9H2,1H3,(H,21,23)(H2,20,25,26). The summed E-state index contributed by atoms with van der Waals surface area (Å²) in [6.45, 7) is 1.66. The molecule has 1 heterocycles. The lowest BCUT2D eigenvalue weighted by atomic mass is 10.1. The fraction of sp³-hybridized carbons (Fsp3) is 0.235. The van der Waals surface area contributed by atoms with Crippen LogP contribution in [0.2, 0.25) is 10.2 Å². The highest BCUT2D eigenvalue weighted by molar-refractivity contribution is 7.89. The van der Waals surface area contributed by atoms with Crippen molar-refractivity contribution in [1.82, 2.24) is 10.3 Å². The Labute approximate surface area is 172 Å². The molecule has 8 nitrogen and oxygen atoms in total. The van der Waals surface area contributed by atoms with Crippen LogP contribution in [0.25, 0.3) is 0 Å². The van der Waals surface area contributed by atoms with Gasteiger partial charge in [-0.05, 0) is 43.2 Å². The molecule has 0 spiro atoms. The number of nitrogens with two attached hydrogens (primary N) is 1. The summed E-state index contributed by atoms with van der Waals surface area (Å²) in [6.07, 6.45) is -0.631. The number of rotatable bonds is 7. The van der Waals surface area contributed by atoms with Gasteiger partial charge in [0, 0.05) is 6.54 Å². The van der Waals surface area contributed by atoms with Gasteiger partial charge in [-0.2, -0.15) is 0 Å². The number of ether oxygens (including phenoxy) is 1. The Kier molecular flexibility index (Phi) is 7.36. The molecule has 3 N–H and O–H groups in total. The predicted octanol–water partition coefficient (Wildman–Crippen LogP) is 1.94. The number of benzene rings is 1. The predicted molar refractivity (Wildman–Crippen MR) is 104 cm³/mol. The molecule has 0 saturated carbocycles. The molecule has 0 aliphatic carbocycles. The number of carbonyl (C=O) groups excluding carboxylic acids is 2. The molecule has 28 heavy (non-hydrogen) atoms. The van der Waals surface area contributed by atoms with Gasteiger partial charge in [-0.15, -0.1) is 0 Å². The molecule has 0 fully saturated rings. The van der Waals surface area contributed by atoms with E-state index in [4.69, 9.17) is 33.1 Å². The Bertz CT molecular complexity index is 981. The zero-order valence-electron chi connectivity index (χ0n) is 14.7. The fourth-order valence-corrected chi connectivity index (χ4v) is 3.00. The normalized spacial score (nSPS) is 12.3. The number of pyridine rings is 1. The molecule has 1 amide bonds. The third-order valence-corrected chi connectivity index (χ3v) is 5.07. The minimum absolute atomic E-state index is 0.00843. The molecular formula is C17H17Cl2N3O5S. The number of halogens is 2. The van der Waals surface area contributed by atoms with E-state index in [-0.39, 0.29) is 27.3 Å². The second-order valence-electron chi connectivity index (χ2n) is 5.74. The Morgan fingerprint density at radius 3 is 2.43 bits per heavy atom. The summed E-state index contributed by atoms with van der Waals surface area (Å²) >= 11 is 11.6. The number of nitrogens with one attached hydrogen (secondary N) is 1. The topological polar surface area (TPSA) is 128 Å². The largest absolute Gasteiger partial charge is 0.448 e. The van der Waals surface area contributed by atoms with Crippen LogP contribution in [-0.4, -0.2) is 37.9 Å². The molecule has 1 atom stereocenters. The lowest BCUT2D eigenvalue weighted by Crippen LogP contribution is -2.37. The SMILES string of the molecule is CC(OC(=O)c1nc(Cl)ccc1Cl)C(=O)NCCc1ccc(S(N)(=O)=O)cc1. The molecule has 2 rings (SSSR count). The molecule has 1 unspecified atom stereocenters. The van der Waals surface area contributed by atoms with Crippen LogP contribution in [0.5, 0.6) is 0 Å². The van der Waals surface area contributed by atoms with Gasteiger partial charge >= 0.3 is 5.97 Å². The molecule has 0 saturated heterocycles. The Morgan fingerprint density at radius 2 is 1.82 bits per heavy atom. The molecule has 2 aromatic rings. The maximum atomic E-state index is 12.1. The van der Waals surface area contributed by atoms with E-state index in [1.54, 1.807) is 12.1 Å². The zero-order valence-corrected chi connectivity index (χ0v) is 17.0. The number of sulfonamides is 1. The molecule has 0 bridgehead atoms. The Morgan fingerprint density at radius 1 is 1.18 bits per heavy atom. The van der Waals surface area contributed by atoms with E-state index in [1.807, 2.05) is 0 Å². The van der Waals surface area contributed by atoms with Crippen LogP contribution in [0.1, 0.15) is 23.0 Å². The first-order valence-corrected chi connectivity index (χ1v) is 10.3. The number of primary sulfonamides is 1. The van der Waals surface area contributed by atoms with Gasteiger partial charge in [0.2, 0.25) is 10.0 Å². The summed E-state index contributed by atoms with van der Waals surface area (Å²) in [4.78, 5) is 27.9. The van der Waals surface area contributed by atoms with Crippen LogP contribution in [0, 0.1) is 0 Å². The van der Waals surface area contributed by atoms with Crippen LogP contribution in [0.15, 0.2) is 41.3 Å². The number of hydrogen-bond donors (Lipinski definition) is 2. The second kappa shape index (κ2) is 9.33. The monoisotopic (exact) mass is 445 g/mol. The van der Waals surface area contributed by atoms with Crippen LogP contribution >= 0.6 is 23.2 Å². The number of nitrogens with zero attached hydrogens (tertiary/aromatic N) is 1. The smallest absolute Gasteiger partial charge is 0.359 e. The van der Waals surface area contributed by atoms with Crippen molar-refractivity contribution in [2.45, 2.75) is 24.3 Å². The maximum absolute atomic E-state index is 12.1. The first-order valence-electron chi connectivity index (χ1n) is 8.00. The lowest BCUT2D eigenvalue weighted by Gasteiger charge is -2.14. The van der Waals surface area contributed by atoms with E-state index in [2.05, 4.69) is 10.3 Å². The summed E-state index contributed by atoms with van der Waals surface area (Å²) in [5, 5.41) is 7.78. The average molecular weight is 446 g/mol. The minimum Gasteiger partial charge on any atom is -0.448 e. The van der Waals surface area contributed by atoms with Crippen molar-refractivity contribution in [3.05, 3.63) is 57.8 Å². The first kappa shape index (κ1) is 22.1. The number of amides is 1. The summed E-state index contributed by atoms with van der Waals surface area (Å²) in [7, 11) is -3.75. The summed E-state index contributed by atoms with van der Waals surface area (Å²) in [6, 6.07) is 8.80. The van der Waals surface area contributed by atoms with Crippen LogP contribution in [-0.2, 0) is 26.0 Å². The van der Waals surface area contributed by atoms with Crippen molar-refractivity contribution in [2.24, 2.45) is 5.14 Å². The van der Waals surface area contributed by atoms with Crippen LogP contribution in [0.3, 0.4) is 0 Å². The van der Waals surface area contributed by atoms with Gasteiger partial charge in [0.15, 0.2) is 11.8 Å². The number of hydrogen-bond acceptors (Lipinski definition) is 6. The Hall–Kier alpha value is -2.20. The highest BCUT2D eigenvalue weighted by Gasteiger charge is 2.21. The number of aromatic nitrogens is 1. The van der Waals surface area contributed by atoms with E-state index in [0.717, 1.165) is 5.56 Å². The van der Waals surface area contributed by atoms with E-state index in [9.17, 15) is 18.0 Å². The van der Waals surface area contributed by atoms with Gasteiger partial charge in [0.1, 0.15) is 5.15 Å². The second-order valence-corrected chi connectivity index (χ2v) is 8.10. The molecule has 0 radical (unpaired) electrons. The number of esters is 1. The third-order valence-electron chi connectivity index (χ3n) is 3.62. The van der Waals surface area contributed by atoms with Crippen molar-refractivity contribution >= 4 is 45.1 Å². The summed E-state index contributed by atoms with van der Waals surface area (Å²) in [5.41, 5.74) is 0.621. The van der Waals surface area contributed by atoms with Crippen LogP contribution < -0.4 is 10.5 Å². The highest BCUT2D eigenvalue weighted by atomic mass is 35.5. The van der Waals surface area contributed by atoms with Gasteiger partial charge in [-0.3, -0.25) is 4.79 Å². The van der Waals surface area contributed by atoms with E-state index >= 15 is 0 Å². The van der Waals surface area contributed by atoms with Crippen molar-refractivity contribution < 1.29 is 22.7 Å². The van der Waals surface area contributed by atoms with Crippen LogP contribution in [0.4, 0.5) is 0 Å². The van der Waals surface area contributed by atoms with Crippen molar-refractivity contribution in [3.8, 4) is 0 Å². The number of carbonyl (C=O) groups is 2. The summed E-state index contributed by atoms with van der Waals surface area (Å²) in [5.74, 6) is -1.37. The van der Waals surface area contributed by atoms with Gasteiger partial charge in [-0.1, -0.05) is 35.3 Å². The molecule has 1 aromatic carbocycles. The van der Waals surface area contributed by atoms with E-state index in [1.165, 1.54) is 31.2 Å². The van der Waals surface area contributed by atoms with Crippen molar-refractivity contribution in [2.75, 3.05) is 6.54 Å². The summed E-state index contributed by atoms with van der Waals surface area (Å²) < 4.78 is 27.5. The van der Waals surface area contributed by atoms with Gasteiger partial charge < -0.3 is 10.1 Å². The maximum Gasteiger partial charge on any atom is 0.359 e. The third kappa shape index (κ3) is 6.16. The average Bonchev–Trinajstić information content (AvgIpc) is 2.63.